The van der Waals surface area contributed by atoms with Crippen molar-refractivity contribution >= 4 is 33.3 Å². The molecule has 128 valence electrons. The van der Waals surface area contributed by atoms with Crippen molar-refractivity contribution in [3.05, 3.63) is 39.5 Å². The summed E-state index contributed by atoms with van der Waals surface area (Å²) >= 11 is 3.00. The number of benzene rings is 1. The van der Waals surface area contributed by atoms with Crippen LogP contribution in [0.5, 0.6) is 5.75 Å². The van der Waals surface area contributed by atoms with Crippen molar-refractivity contribution in [2.45, 2.75) is 24.9 Å². The molecule has 0 aliphatic carbocycles. The van der Waals surface area contributed by atoms with E-state index in [0.29, 0.717) is 17.0 Å². The van der Waals surface area contributed by atoms with Crippen LogP contribution < -0.4 is 10.3 Å². The maximum Gasteiger partial charge on any atom is 0.260 e. The molecule has 0 saturated carbocycles. The van der Waals surface area contributed by atoms with E-state index in [0.717, 1.165) is 38.8 Å². The lowest BCUT2D eigenvalue weighted by atomic mass is 10.0. The van der Waals surface area contributed by atoms with Gasteiger partial charge in [0.15, 0.2) is 5.16 Å². The number of aromatic nitrogens is 2. The third-order valence-electron chi connectivity index (χ3n) is 3.75. The average molecular weight is 371 g/mol. The molecule has 25 heavy (non-hydrogen) atoms. The Hall–Kier alpha value is -2.30. The molecule has 2 aromatic heterocycles. The molecule has 0 bridgehead atoms. The minimum absolute atomic E-state index is 0.130. The Morgan fingerprint density at radius 2 is 2.28 bits per heavy atom. The van der Waals surface area contributed by atoms with Gasteiger partial charge in [-0.25, -0.2) is 4.98 Å². The van der Waals surface area contributed by atoms with Crippen LogP contribution in [0.4, 0.5) is 0 Å². The van der Waals surface area contributed by atoms with Gasteiger partial charge in [0.2, 0.25) is 0 Å². The first-order valence-corrected chi connectivity index (χ1v) is 9.62. The number of nitrogens with zero attached hydrogens (tertiary/aromatic N) is 2. The molecule has 0 aliphatic heterocycles. The number of methoxy groups -OCH3 is 1. The van der Waals surface area contributed by atoms with E-state index in [1.165, 1.54) is 23.1 Å². The maximum absolute atomic E-state index is 12.7. The number of aromatic amines is 1. The van der Waals surface area contributed by atoms with Crippen LogP contribution in [0.15, 0.2) is 34.2 Å². The minimum Gasteiger partial charge on any atom is -0.497 e. The molecule has 1 N–H and O–H groups in total. The van der Waals surface area contributed by atoms with Gasteiger partial charge in [-0.15, -0.1) is 11.3 Å². The molecule has 0 atom stereocenters. The summed E-state index contributed by atoms with van der Waals surface area (Å²) in [5.41, 5.74) is 1.73. The number of ether oxygens (including phenoxy) is 1. The molecule has 1 aromatic carbocycles. The number of hydrogen-bond acceptors (Lipinski definition) is 6. The third-order valence-corrected chi connectivity index (χ3v) is 5.71. The fourth-order valence-electron chi connectivity index (χ4n) is 2.61. The van der Waals surface area contributed by atoms with Gasteiger partial charge >= 0.3 is 0 Å². The number of aryl methyl sites for hydroxylation is 1. The van der Waals surface area contributed by atoms with Crippen molar-refractivity contribution < 1.29 is 4.74 Å². The number of nitrogens with one attached hydrogen (secondary N) is 1. The second-order valence-electron chi connectivity index (χ2n) is 5.43. The standard InChI is InChI=1S/C18H17N3O2S2/c1-11-14(12-6-5-7-13(10-12)23-2)15-16(22)20-18(21-17(15)25-11)24-9-4-3-8-19/h5-7,10H,3-4,9H2,1-2H3,(H,20,21,22). The first-order valence-electron chi connectivity index (χ1n) is 7.81. The quantitative estimate of drug-likeness (QED) is 0.395. The van der Waals surface area contributed by atoms with Gasteiger partial charge in [-0.1, -0.05) is 23.9 Å². The summed E-state index contributed by atoms with van der Waals surface area (Å²) in [6.45, 7) is 2.00. The molecular formula is C18H17N3O2S2. The van der Waals surface area contributed by atoms with E-state index in [4.69, 9.17) is 10.00 Å². The molecule has 3 rings (SSSR count). The Labute approximate surface area is 153 Å². The molecule has 0 aliphatic rings. The topological polar surface area (TPSA) is 78.8 Å². The summed E-state index contributed by atoms with van der Waals surface area (Å²) < 4.78 is 5.29. The number of fused-ring (bicyclic) bond motifs is 1. The van der Waals surface area contributed by atoms with Crippen molar-refractivity contribution in [1.82, 2.24) is 9.97 Å². The zero-order valence-corrected chi connectivity index (χ0v) is 15.6. The summed E-state index contributed by atoms with van der Waals surface area (Å²) in [6.07, 6.45) is 1.29. The lowest BCUT2D eigenvalue weighted by molar-refractivity contribution is 0.415. The summed E-state index contributed by atoms with van der Waals surface area (Å²) in [7, 11) is 1.63. The van der Waals surface area contributed by atoms with E-state index in [2.05, 4.69) is 16.0 Å². The molecule has 0 fully saturated rings. The van der Waals surface area contributed by atoms with E-state index in [1.807, 2.05) is 31.2 Å². The van der Waals surface area contributed by atoms with Crippen LogP contribution in [0.2, 0.25) is 0 Å². The van der Waals surface area contributed by atoms with Crippen LogP contribution in [0.3, 0.4) is 0 Å². The number of thioether (sulfide) groups is 1. The summed E-state index contributed by atoms with van der Waals surface area (Å²) in [5, 5.41) is 9.82. The zero-order chi connectivity index (χ0) is 17.8. The van der Waals surface area contributed by atoms with Crippen LogP contribution in [-0.4, -0.2) is 22.8 Å². The lowest BCUT2D eigenvalue weighted by Gasteiger charge is -2.05. The fourth-order valence-corrected chi connectivity index (χ4v) is 4.52. The summed E-state index contributed by atoms with van der Waals surface area (Å²) in [4.78, 5) is 21.9. The van der Waals surface area contributed by atoms with Crippen LogP contribution in [0.1, 0.15) is 17.7 Å². The fraction of sp³-hybridized carbons (Fsp3) is 0.278. The van der Waals surface area contributed by atoms with Crippen molar-refractivity contribution in [3.8, 4) is 22.9 Å². The summed E-state index contributed by atoms with van der Waals surface area (Å²) in [6, 6.07) is 9.82. The van der Waals surface area contributed by atoms with E-state index in [9.17, 15) is 4.79 Å². The molecule has 7 heteroatoms. The second kappa shape index (κ2) is 7.72. The molecule has 0 unspecified atom stereocenters. The van der Waals surface area contributed by atoms with Crippen molar-refractivity contribution in [2.24, 2.45) is 0 Å². The molecule has 3 aromatic rings. The monoisotopic (exact) mass is 371 g/mol. The van der Waals surface area contributed by atoms with Gasteiger partial charge in [-0.05, 0) is 31.0 Å². The Morgan fingerprint density at radius 3 is 3.04 bits per heavy atom. The van der Waals surface area contributed by atoms with Gasteiger partial charge < -0.3 is 9.72 Å². The molecule has 2 heterocycles. The number of nitriles is 1. The Balaban J connectivity index is 2.02. The molecule has 0 radical (unpaired) electrons. The van der Waals surface area contributed by atoms with Crippen LogP contribution in [0, 0.1) is 18.3 Å². The van der Waals surface area contributed by atoms with E-state index in [-0.39, 0.29) is 5.56 Å². The Kier molecular flexibility index (Phi) is 5.41. The molecule has 0 spiro atoms. The zero-order valence-electron chi connectivity index (χ0n) is 14.0. The minimum atomic E-state index is -0.130. The highest BCUT2D eigenvalue weighted by Crippen LogP contribution is 2.37. The van der Waals surface area contributed by atoms with Crippen LogP contribution in [0.25, 0.3) is 21.3 Å². The third kappa shape index (κ3) is 3.70. The van der Waals surface area contributed by atoms with Gasteiger partial charge in [-0.2, -0.15) is 5.26 Å². The van der Waals surface area contributed by atoms with Gasteiger partial charge in [0, 0.05) is 22.6 Å². The van der Waals surface area contributed by atoms with Crippen LogP contribution >= 0.6 is 23.1 Å². The highest BCUT2D eigenvalue weighted by molar-refractivity contribution is 7.99. The van der Waals surface area contributed by atoms with Crippen LogP contribution in [-0.2, 0) is 0 Å². The largest absolute Gasteiger partial charge is 0.497 e. The molecular weight excluding hydrogens is 354 g/mol. The van der Waals surface area contributed by atoms with E-state index in [1.54, 1.807) is 7.11 Å². The maximum atomic E-state index is 12.7. The summed E-state index contributed by atoms with van der Waals surface area (Å²) in [5.74, 6) is 1.51. The smallest absolute Gasteiger partial charge is 0.260 e. The molecule has 5 nitrogen and oxygen atoms in total. The average Bonchev–Trinajstić information content (AvgIpc) is 2.95. The SMILES string of the molecule is COc1cccc(-c2c(C)sc3nc(SCCCC#N)[nH]c(=O)c23)c1. The van der Waals surface area contributed by atoms with Gasteiger partial charge in [-0.3, -0.25) is 4.79 Å². The van der Waals surface area contributed by atoms with Gasteiger partial charge in [0.05, 0.1) is 18.6 Å². The number of unbranched alkanes of at least 4 members (excludes halogenated alkanes) is 1. The van der Waals surface area contributed by atoms with Crippen molar-refractivity contribution in [1.29, 1.82) is 5.26 Å². The van der Waals surface area contributed by atoms with Crippen molar-refractivity contribution in [2.75, 3.05) is 12.9 Å². The van der Waals surface area contributed by atoms with E-state index >= 15 is 0 Å². The predicted molar refractivity (Wildman–Crippen MR) is 103 cm³/mol. The lowest BCUT2D eigenvalue weighted by Crippen LogP contribution is -2.08. The highest BCUT2D eigenvalue weighted by Gasteiger charge is 2.17. The van der Waals surface area contributed by atoms with Crippen molar-refractivity contribution in [3.63, 3.8) is 0 Å². The number of hydrogen-bond donors (Lipinski definition) is 1. The normalized spacial score (nSPS) is 10.8. The highest BCUT2D eigenvalue weighted by atomic mass is 32.2. The molecule has 0 saturated heterocycles. The number of rotatable bonds is 6. The van der Waals surface area contributed by atoms with Gasteiger partial charge in [0.1, 0.15) is 10.6 Å². The Morgan fingerprint density at radius 1 is 1.44 bits per heavy atom. The molecule has 0 amide bonds. The first kappa shape index (κ1) is 17.5. The second-order valence-corrected chi connectivity index (χ2v) is 7.71. The van der Waals surface area contributed by atoms with E-state index < -0.39 is 0 Å². The predicted octanol–water partition coefficient (Wildman–Crippen LogP) is 4.36. The number of H-pyrrole nitrogens is 1. The first-order chi connectivity index (χ1) is 12.1. The number of thiophene rings is 1. The van der Waals surface area contributed by atoms with Gasteiger partial charge in [0.25, 0.3) is 5.56 Å². The Bertz CT molecular complexity index is 1000.